The summed E-state index contributed by atoms with van der Waals surface area (Å²) in [6.45, 7) is 0.675. The molecule has 0 unspecified atom stereocenters. The van der Waals surface area contributed by atoms with Crippen LogP contribution in [0.15, 0.2) is 18.2 Å². The second-order valence-corrected chi connectivity index (χ2v) is 5.94. The van der Waals surface area contributed by atoms with Gasteiger partial charge in [0.05, 0.1) is 5.56 Å². The van der Waals surface area contributed by atoms with Crippen LogP contribution in [0.5, 0.6) is 0 Å². The van der Waals surface area contributed by atoms with Gasteiger partial charge in [0.1, 0.15) is 5.82 Å². The Labute approximate surface area is 129 Å². The van der Waals surface area contributed by atoms with E-state index in [9.17, 15) is 9.18 Å². The van der Waals surface area contributed by atoms with Gasteiger partial charge in [-0.15, -0.1) is 0 Å². The molecule has 0 aliphatic heterocycles. The van der Waals surface area contributed by atoms with E-state index in [4.69, 9.17) is 0 Å². The van der Waals surface area contributed by atoms with Gasteiger partial charge in [0, 0.05) is 15.4 Å². The zero-order valence-electron chi connectivity index (χ0n) is 10.0. The van der Waals surface area contributed by atoms with Crippen molar-refractivity contribution in [1.29, 1.82) is 0 Å². The molecular formula is C13H16BrFINO. The molecule has 0 spiro atoms. The van der Waals surface area contributed by atoms with Crippen LogP contribution in [0.1, 0.15) is 36.0 Å². The minimum absolute atomic E-state index is 0.125. The predicted octanol–water partition coefficient (Wildman–Crippen LogP) is 4.12. The Bertz CT molecular complexity index is 401. The molecule has 0 radical (unpaired) electrons. The molecule has 0 atom stereocenters. The van der Waals surface area contributed by atoms with Gasteiger partial charge < -0.3 is 5.32 Å². The third kappa shape index (κ3) is 5.65. The van der Waals surface area contributed by atoms with Crippen molar-refractivity contribution in [2.75, 3.05) is 11.9 Å². The van der Waals surface area contributed by atoms with Crippen LogP contribution >= 0.6 is 38.5 Å². The van der Waals surface area contributed by atoms with Gasteiger partial charge in [-0.05, 0) is 53.6 Å². The smallest absolute Gasteiger partial charge is 0.252 e. The van der Waals surface area contributed by atoms with Gasteiger partial charge in [-0.1, -0.05) is 28.8 Å². The van der Waals surface area contributed by atoms with Crippen LogP contribution in [-0.4, -0.2) is 17.8 Å². The normalized spacial score (nSPS) is 10.4. The summed E-state index contributed by atoms with van der Waals surface area (Å²) < 4.78 is 13.5. The summed E-state index contributed by atoms with van der Waals surface area (Å²) in [5.41, 5.74) is 0.539. The number of carbonyl (C=O) groups is 1. The highest BCUT2D eigenvalue weighted by molar-refractivity contribution is 14.1. The zero-order valence-corrected chi connectivity index (χ0v) is 13.8. The Morgan fingerprint density at radius 1 is 1.28 bits per heavy atom. The van der Waals surface area contributed by atoms with Crippen LogP contribution in [0.2, 0.25) is 0 Å². The molecule has 1 N–H and O–H groups in total. The Hall–Kier alpha value is -0.170. The maximum atomic E-state index is 12.9. The van der Waals surface area contributed by atoms with E-state index in [1.807, 2.05) is 22.6 Å². The number of hydrogen-bond donors (Lipinski definition) is 1. The predicted molar refractivity (Wildman–Crippen MR) is 83.7 cm³/mol. The van der Waals surface area contributed by atoms with Crippen LogP contribution in [-0.2, 0) is 0 Å². The second kappa shape index (κ2) is 8.85. The Morgan fingerprint density at radius 3 is 2.67 bits per heavy atom. The molecule has 1 rings (SSSR count). The first-order valence-corrected chi connectivity index (χ1v) is 8.14. The van der Waals surface area contributed by atoms with E-state index in [1.54, 1.807) is 0 Å². The fraction of sp³-hybridized carbons (Fsp3) is 0.462. The first-order chi connectivity index (χ1) is 8.65. The molecule has 1 aromatic rings. The standard InChI is InChI=1S/C13H16BrFINO/c14-7-3-1-2-4-8-17-13(18)11-6-5-10(15)9-12(11)16/h5-6,9H,1-4,7-8H2,(H,17,18). The molecule has 0 fully saturated rings. The summed E-state index contributed by atoms with van der Waals surface area (Å²) >= 11 is 5.36. The van der Waals surface area contributed by atoms with Gasteiger partial charge >= 0.3 is 0 Å². The number of benzene rings is 1. The van der Waals surface area contributed by atoms with E-state index in [0.717, 1.165) is 18.2 Å². The lowest BCUT2D eigenvalue weighted by Crippen LogP contribution is -2.25. The highest BCUT2D eigenvalue weighted by Gasteiger charge is 2.09. The minimum Gasteiger partial charge on any atom is -0.352 e. The Balaban J connectivity index is 2.32. The van der Waals surface area contributed by atoms with E-state index < -0.39 is 0 Å². The Morgan fingerprint density at radius 2 is 2.00 bits per heavy atom. The average molecular weight is 428 g/mol. The van der Waals surface area contributed by atoms with Crippen molar-refractivity contribution in [3.63, 3.8) is 0 Å². The number of nitrogens with one attached hydrogen (secondary N) is 1. The maximum Gasteiger partial charge on any atom is 0.252 e. The highest BCUT2D eigenvalue weighted by atomic mass is 127. The number of alkyl halides is 1. The van der Waals surface area contributed by atoms with Crippen LogP contribution in [0, 0.1) is 9.39 Å². The van der Waals surface area contributed by atoms with E-state index in [-0.39, 0.29) is 11.7 Å². The minimum atomic E-state index is -0.314. The molecule has 0 saturated heterocycles. The summed E-state index contributed by atoms with van der Waals surface area (Å²) in [6, 6.07) is 4.20. The number of halogens is 3. The van der Waals surface area contributed by atoms with Crippen LogP contribution in [0.4, 0.5) is 4.39 Å². The first-order valence-electron chi connectivity index (χ1n) is 5.94. The monoisotopic (exact) mass is 427 g/mol. The second-order valence-electron chi connectivity index (χ2n) is 3.98. The fourth-order valence-electron chi connectivity index (χ4n) is 1.54. The summed E-state index contributed by atoms with van der Waals surface area (Å²) in [5, 5.41) is 3.89. The first kappa shape index (κ1) is 15.9. The molecule has 1 amide bonds. The van der Waals surface area contributed by atoms with E-state index in [0.29, 0.717) is 15.7 Å². The van der Waals surface area contributed by atoms with Crippen molar-refractivity contribution in [2.45, 2.75) is 25.7 Å². The van der Waals surface area contributed by atoms with E-state index in [2.05, 4.69) is 21.2 Å². The topological polar surface area (TPSA) is 29.1 Å². The molecule has 100 valence electrons. The highest BCUT2D eigenvalue weighted by Crippen LogP contribution is 2.13. The lowest BCUT2D eigenvalue weighted by atomic mass is 10.2. The van der Waals surface area contributed by atoms with Gasteiger partial charge in [0.15, 0.2) is 0 Å². The van der Waals surface area contributed by atoms with Gasteiger partial charge in [0.25, 0.3) is 5.91 Å². The third-order valence-corrected chi connectivity index (χ3v) is 3.97. The van der Waals surface area contributed by atoms with Crippen molar-refractivity contribution in [3.8, 4) is 0 Å². The molecule has 1 aromatic carbocycles. The van der Waals surface area contributed by atoms with Crippen molar-refractivity contribution in [1.82, 2.24) is 5.32 Å². The summed E-state index contributed by atoms with van der Waals surface area (Å²) in [4.78, 5) is 11.8. The number of rotatable bonds is 7. The number of hydrogen-bond acceptors (Lipinski definition) is 1. The van der Waals surface area contributed by atoms with Crippen LogP contribution in [0.25, 0.3) is 0 Å². The van der Waals surface area contributed by atoms with Gasteiger partial charge in [-0.2, -0.15) is 0 Å². The fourth-order valence-corrected chi connectivity index (χ4v) is 2.66. The SMILES string of the molecule is O=C(NCCCCCCBr)c1ccc(F)cc1I. The van der Waals surface area contributed by atoms with Gasteiger partial charge in [-0.3, -0.25) is 4.79 Å². The third-order valence-electron chi connectivity index (χ3n) is 2.52. The lowest BCUT2D eigenvalue weighted by molar-refractivity contribution is 0.0952. The average Bonchev–Trinajstić information content (AvgIpc) is 2.33. The van der Waals surface area contributed by atoms with Crippen molar-refractivity contribution in [3.05, 3.63) is 33.1 Å². The van der Waals surface area contributed by atoms with Crippen molar-refractivity contribution < 1.29 is 9.18 Å². The maximum absolute atomic E-state index is 12.9. The quantitative estimate of drug-likeness (QED) is 0.396. The molecular weight excluding hydrogens is 412 g/mol. The molecule has 0 aliphatic carbocycles. The van der Waals surface area contributed by atoms with E-state index >= 15 is 0 Å². The molecule has 0 bridgehead atoms. The molecule has 18 heavy (non-hydrogen) atoms. The summed E-state index contributed by atoms with van der Waals surface area (Å²) in [5.74, 6) is -0.439. The van der Waals surface area contributed by atoms with Crippen molar-refractivity contribution in [2.24, 2.45) is 0 Å². The molecule has 0 aliphatic rings. The summed E-state index contributed by atoms with van der Waals surface area (Å²) in [6.07, 6.45) is 4.45. The summed E-state index contributed by atoms with van der Waals surface area (Å²) in [7, 11) is 0. The van der Waals surface area contributed by atoms with Crippen molar-refractivity contribution >= 4 is 44.4 Å². The number of carbonyl (C=O) groups excluding carboxylic acids is 1. The molecule has 0 heterocycles. The molecule has 5 heteroatoms. The Kier molecular flexibility index (Phi) is 7.81. The largest absolute Gasteiger partial charge is 0.352 e. The van der Waals surface area contributed by atoms with Crippen LogP contribution in [0.3, 0.4) is 0 Å². The van der Waals surface area contributed by atoms with Gasteiger partial charge in [0.2, 0.25) is 0 Å². The van der Waals surface area contributed by atoms with Crippen LogP contribution < -0.4 is 5.32 Å². The number of unbranched alkanes of at least 4 members (excludes halogenated alkanes) is 3. The van der Waals surface area contributed by atoms with E-state index in [1.165, 1.54) is 31.0 Å². The molecule has 2 nitrogen and oxygen atoms in total. The zero-order chi connectivity index (χ0) is 13.4. The number of amides is 1. The molecule has 0 saturated carbocycles. The lowest BCUT2D eigenvalue weighted by Gasteiger charge is -2.06. The van der Waals surface area contributed by atoms with Gasteiger partial charge in [-0.25, -0.2) is 4.39 Å². The molecule has 0 aromatic heterocycles.